The molecule has 0 aromatic rings. The zero-order valence-electron chi connectivity index (χ0n) is 5.21. The smallest absolute Gasteiger partial charge is 0.117 e. The molecule has 1 aliphatic heterocycles. The number of hydrogen-bond acceptors (Lipinski definition) is 3. The van der Waals surface area contributed by atoms with Gasteiger partial charge in [0, 0.05) is 0 Å². The predicted octanol–water partition coefficient (Wildman–Crippen LogP) is 0.521. The molecule has 0 saturated heterocycles. The fourth-order valence-corrected chi connectivity index (χ4v) is 0.531. The van der Waals surface area contributed by atoms with Crippen LogP contribution in [-0.4, -0.2) is 26.4 Å². The van der Waals surface area contributed by atoms with Crippen molar-refractivity contribution in [3.63, 3.8) is 0 Å². The molecule has 1 aliphatic rings. The summed E-state index contributed by atoms with van der Waals surface area (Å²) >= 11 is 0. The minimum absolute atomic E-state index is 0.611. The van der Waals surface area contributed by atoms with Crippen LogP contribution in [0.5, 0.6) is 0 Å². The Kier molecular flexibility index (Phi) is 3.00. The minimum atomic E-state index is 0.611. The molecular formula is C6H10O3. The summed E-state index contributed by atoms with van der Waals surface area (Å²) < 4.78 is 14.9. The van der Waals surface area contributed by atoms with E-state index in [1.165, 1.54) is 12.5 Å². The average Bonchev–Trinajstić information content (AvgIpc) is 2.00. The summed E-state index contributed by atoms with van der Waals surface area (Å²) in [5, 5.41) is 0. The Morgan fingerprint density at radius 3 is 1.89 bits per heavy atom. The Hall–Kier alpha value is -0.700. The van der Waals surface area contributed by atoms with Crippen molar-refractivity contribution in [2.75, 3.05) is 26.4 Å². The maximum Gasteiger partial charge on any atom is 0.117 e. The first-order valence-electron chi connectivity index (χ1n) is 2.96. The van der Waals surface area contributed by atoms with Gasteiger partial charge in [0.05, 0.1) is 13.2 Å². The molecule has 1 rings (SSSR count). The van der Waals surface area contributed by atoms with Crippen molar-refractivity contribution in [3.8, 4) is 0 Å². The molecule has 0 unspecified atom stereocenters. The van der Waals surface area contributed by atoms with Gasteiger partial charge in [-0.15, -0.1) is 0 Å². The fraction of sp³-hybridized carbons (Fsp3) is 0.667. The second kappa shape index (κ2) is 4.21. The first-order chi connectivity index (χ1) is 4.50. The first kappa shape index (κ1) is 6.42. The standard InChI is InChI=1S/C6H10O3/c1-2-8-5-6-9-4-3-7-1/h1-2H,3-6H2/b2-1-. The van der Waals surface area contributed by atoms with Gasteiger partial charge < -0.3 is 14.2 Å². The average molecular weight is 130 g/mol. The van der Waals surface area contributed by atoms with Gasteiger partial charge >= 0.3 is 0 Å². The van der Waals surface area contributed by atoms with Gasteiger partial charge in [-0.2, -0.15) is 0 Å². The second-order valence-electron chi connectivity index (χ2n) is 1.63. The van der Waals surface area contributed by atoms with E-state index in [2.05, 4.69) is 0 Å². The Morgan fingerprint density at radius 2 is 1.33 bits per heavy atom. The normalized spacial score (nSPS) is 24.0. The monoisotopic (exact) mass is 130 g/mol. The van der Waals surface area contributed by atoms with Crippen LogP contribution in [0.1, 0.15) is 0 Å². The summed E-state index contributed by atoms with van der Waals surface area (Å²) in [4.78, 5) is 0. The summed E-state index contributed by atoms with van der Waals surface area (Å²) in [7, 11) is 0. The van der Waals surface area contributed by atoms with Crippen LogP contribution < -0.4 is 0 Å². The fourth-order valence-electron chi connectivity index (χ4n) is 0.531. The summed E-state index contributed by atoms with van der Waals surface area (Å²) in [6.45, 7) is 2.52. The molecule has 3 heteroatoms. The molecule has 0 saturated carbocycles. The van der Waals surface area contributed by atoms with Gasteiger partial charge in [-0.05, 0) is 0 Å². The summed E-state index contributed by atoms with van der Waals surface area (Å²) in [6.07, 6.45) is 3.07. The third-order valence-corrected chi connectivity index (χ3v) is 0.939. The Balaban J connectivity index is 2.15. The topological polar surface area (TPSA) is 27.7 Å². The van der Waals surface area contributed by atoms with Crippen molar-refractivity contribution < 1.29 is 14.2 Å². The molecule has 0 aliphatic carbocycles. The van der Waals surface area contributed by atoms with E-state index in [0.29, 0.717) is 26.4 Å². The third-order valence-electron chi connectivity index (χ3n) is 0.939. The predicted molar refractivity (Wildman–Crippen MR) is 31.9 cm³/mol. The lowest BCUT2D eigenvalue weighted by Crippen LogP contribution is -2.04. The van der Waals surface area contributed by atoms with Crippen LogP contribution in [0, 0.1) is 0 Å². The molecule has 0 radical (unpaired) electrons. The van der Waals surface area contributed by atoms with Crippen LogP contribution in [0.15, 0.2) is 12.5 Å². The summed E-state index contributed by atoms with van der Waals surface area (Å²) in [5.74, 6) is 0. The number of hydrogen-bond donors (Lipinski definition) is 0. The van der Waals surface area contributed by atoms with E-state index >= 15 is 0 Å². The first-order valence-corrected chi connectivity index (χ1v) is 2.96. The van der Waals surface area contributed by atoms with Crippen molar-refractivity contribution in [3.05, 3.63) is 12.5 Å². The molecule has 0 fully saturated rings. The maximum absolute atomic E-state index is 5.06. The molecule has 0 aromatic heterocycles. The van der Waals surface area contributed by atoms with Crippen molar-refractivity contribution in [2.45, 2.75) is 0 Å². The Bertz CT molecular complexity index is 80.3. The highest BCUT2D eigenvalue weighted by Crippen LogP contribution is 1.86. The molecular weight excluding hydrogens is 120 g/mol. The molecule has 3 nitrogen and oxygen atoms in total. The highest BCUT2D eigenvalue weighted by molar-refractivity contribution is 4.61. The van der Waals surface area contributed by atoms with Crippen LogP contribution in [0.2, 0.25) is 0 Å². The molecule has 9 heavy (non-hydrogen) atoms. The van der Waals surface area contributed by atoms with Gasteiger partial charge in [-0.3, -0.25) is 0 Å². The van der Waals surface area contributed by atoms with E-state index < -0.39 is 0 Å². The third kappa shape index (κ3) is 2.98. The van der Waals surface area contributed by atoms with Gasteiger partial charge in [0.15, 0.2) is 0 Å². The van der Waals surface area contributed by atoms with Gasteiger partial charge in [-0.25, -0.2) is 0 Å². The molecule has 0 spiro atoms. The van der Waals surface area contributed by atoms with Crippen LogP contribution in [-0.2, 0) is 14.2 Å². The van der Waals surface area contributed by atoms with E-state index in [4.69, 9.17) is 14.2 Å². The minimum Gasteiger partial charge on any atom is -0.496 e. The van der Waals surface area contributed by atoms with Crippen LogP contribution in [0.3, 0.4) is 0 Å². The van der Waals surface area contributed by atoms with Crippen molar-refractivity contribution in [1.82, 2.24) is 0 Å². The quantitative estimate of drug-likeness (QED) is 0.478. The SMILES string of the molecule is C1=C\OCCOCCO/1. The molecule has 0 aromatic carbocycles. The van der Waals surface area contributed by atoms with Crippen LogP contribution in [0.4, 0.5) is 0 Å². The number of ether oxygens (including phenoxy) is 3. The zero-order valence-corrected chi connectivity index (χ0v) is 5.21. The van der Waals surface area contributed by atoms with Crippen molar-refractivity contribution in [2.24, 2.45) is 0 Å². The van der Waals surface area contributed by atoms with Crippen LogP contribution >= 0.6 is 0 Å². The molecule has 0 amide bonds. The van der Waals surface area contributed by atoms with Gasteiger partial charge in [0.1, 0.15) is 25.7 Å². The highest BCUT2D eigenvalue weighted by atomic mass is 16.6. The number of rotatable bonds is 0. The van der Waals surface area contributed by atoms with Crippen molar-refractivity contribution >= 4 is 0 Å². The van der Waals surface area contributed by atoms with Gasteiger partial charge in [0.25, 0.3) is 0 Å². The van der Waals surface area contributed by atoms with E-state index in [0.717, 1.165) is 0 Å². The summed E-state index contributed by atoms with van der Waals surface area (Å²) in [5.41, 5.74) is 0. The van der Waals surface area contributed by atoms with Crippen molar-refractivity contribution in [1.29, 1.82) is 0 Å². The summed E-state index contributed by atoms with van der Waals surface area (Å²) in [6, 6.07) is 0. The zero-order chi connectivity index (χ0) is 6.36. The Labute approximate surface area is 54.2 Å². The lowest BCUT2D eigenvalue weighted by Gasteiger charge is -1.98. The molecule has 1 heterocycles. The molecule has 0 bridgehead atoms. The maximum atomic E-state index is 5.06. The Morgan fingerprint density at radius 1 is 0.778 bits per heavy atom. The highest BCUT2D eigenvalue weighted by Gasteiger charge is 1.89. The lowest BCUT2D eigenvalue weighted by molar-refractivity contribution is 0.0692. The van der Waals surface area contributed by atoms with E-state index in [9.17, 15) is 0 Å². The lowest BCUT2D eigenvalue weighted by atomic mass is 10.7. The van der Waals surface area contributed by atoms with E-state index in [-0.39, 0.29) is 0 Å². The molecule has 52 valence electrons. The molecule has 0 N–H and O–H groups in total. The van der Waals surface area contributed by atoms with E-state index in [1.54, 1.807) is 0 Å². The molecule has 0 atom stereocenters. The second-order valence-corrected chi connectivity index (χ2v) is 1.63. The van der Waals surface area contributed by atoms with E-state index in [1.807, 2.05) is 0 Å². The van der Waals surface area contributed by atoms with Crippen LogP contribution in [0.25, 0.3) is 0 Å². The van der Waals surface area contributed by atoms with Gasteiger partial charge in [-0.1, -0.05) is 0 Å². The van der Waals surface area contributed by atoms with Gasteiger partial charge in [0.2, 0.25) is 0 Å². The largest absolute Gasteiger partial charge is 0.496 e.